The lowest BCUT2D eigenvalue weighted by molar-refractivity contribution is -0.128. The Balaban J connectivity index is 1.51. The van der Waals surface area contributed by atoms with Crippen LogP contribution in [-0.2, 0) is 4.79 Å². The van der Waals surface area contributed by atoms with E-state index in [1.807, 2.05) is 0 Å². The van der Waals surface area contributed by atoms with Gasteiger partial charge in [0.25, 0.3) is 5.91 Å². The van der Waals surface area contributed by atoms with Crippen molar-refractivity contribution in [2.24, 2.45) is 5.92 Å². The van der Waals surface area contributed by atoms with E-state index in [9.17, 15) is 19.5 Å². The van der Waals surface area contributed by atoms with Gasteiger partial charge in [0.1, 0.15) is 0 Å². The van der Waals surface area contributed by atoms with Crippen molar-refractivity contribution in [3.63, 3.8) is 0 Å². The number of piperidine rings is 1. The van der Waals surface area contributed by atoms with E-state index in [0.29, 0.717) is 25.0 Å². The van der Waals surface area contributed by atoms with E-state index in [4.69, 9.17) is 0 Å². The first kappa shape index (κ1) is 20.5. The number of rotatable bonds is 4. The standard InChI is InChI=1S/C20H30N4O4/c1-12-9-14(11-18(26)21-12)20(28)23-16-4-3-13(10-17(16)25)19(27)22-15-5-7-24(2)8-6-15/h9,11,13,15-17,25H,3-8,10H2,1-2H3,(H,21,26)(H,22,27)(H,23,28)/t13-,16+,17+/m0/s1. The summed E-state index contributed by atoms with van der Waals surface area (Å²) in [5.74, 6) is -0.610. The first-order valence-electron chi connectivity index (χ1n) is 10.0. The maximum absolute atomic E-state index is 12.6. The van der Waals surface area contributed by atoms with E-state index < -0.39 is 12.1 Å². The Morgan fingerprint density at radius 3 is 2.50 bits per heavy atom. The minimum Gasteiger partial charge on any atom is -0.391 e. The summed E-state index contributed by atoms with van der Waals surface area (Å²) in [6.07, 6.45) is 2.60. The van der Waals surface area contributed by atoms with Crippen molar-refractivity contribution in [2.45, 2.75) is 57.2 Å². The maximum Gasteiger partial charge on any atom is 0.251 e. The fourth-order valence-electron chi connectivity index (χ4n) is 4.09. The zero-order valence-electron chi connectivity index (χ0n) is 16.5. The second-order valence-electron chi connectivity index (χ2n) is 8.16. The summed E-state index contributed by atoms with van der Waals surface area (Å²) in [5.41, 5.74) is 0.544. The first-order chi connectivity index (χ1) is 13.3. The molecule has 2 amide bonds. The minimum atomic E-state index is -0.783. The number of carbonyl (C=O) groups is 2. The van der Waals surface area contributed by atoms with Crippen LogP contribution < -0.4 is 16.2 Å². The fraction of sp³-hybridized carbons (Fsp3) is 0.650. The monoisotopic (exact) mass is 390 g/mol. The van der Waals surface area contributed by atoms with Crippen LogP contribution in [-0.4, -0.2) is 65.1 Å². The Kier molecular flexibility index (Phi) is 6.51. The van der Waals surface area contributed by atoms with Gasteiger partial charge in [-0.05, 0) is 65.2 Å². The van der Waals surface area contributed by atoms with Crippen molar-refractivity contribution in [1.29, 1.82) is 0 Å². The third kappa shape index (κ3) is 5.20. The van der Waals surface area contributed by atoms with Gasteiger partial charge in [0.05, 0.1) is 12.1 Å². The average molecular weight is 390 g/mol. The predicted octanol–water partition coefficient (Wildman–Crippen LogP) is 0.153. The molecule has 2 heterocycles. The average Bonchev–Trinajstić information content (AvgIpc) is 2.64. The molecule has 2 aliphatic rings. The van der Waals surface area contributed by atoms with Crippen LogP contribution in [0.5, 0.6) is 0 Å². The molecular weight excluding hydrogens is 360 g/mol. The number of H-pyrrole nitrogens is 1. The van der Waals surface area contributed by atoms with Crippen LogP contribution in [0.2, 0.25) is 0 Å². The molecule has 1 aliphatic heterocycles. The van der Waals surface area contributed by atoms with E-state index in [0.717, 1.165) is 25.9 Å². The lowest BCUT2D eigenvalue weighted by atomic mass is 9.83. The molecule has 1 aromatic rings. The molecule has 0 unspecified atom stereocenters. The van der Waals surface area contributed by atoms with Gasteiger partial charge < -0.3 is 25.6 Å². The zero-order valence-corrected chi connectivity index (χ0v) is 16.5. The topological polar surface area (TPSA) is 115 Å². The smallest absolute Gasteiger partial charge is 0.251 e. The summed E-state index contributed by atoms with van der Waals surface area (Å²) in [4.78, 5) is 41.4. The molecule has 4 N–H and O–H groups in total. The van der Waals surface area contributed by atoms with E-state index in [-0.39, 0.29) is 34.9 Å². The number of hydrogen-bond acceptors (Lipinski definition) is 5. The highest BCUT2D eigenvalue weighted by Crippen LogP contribution is 2.26. The Bertz CT molecular complexity index is 770. The molecule has 1 saturated heterocycles. The molecule has 8 heteroatoms. The second-order valence-corrected chi connectivity index (χ2v) is 8.16. The molecule has 1 aliphatic carbocycles. The number of carbonyl (C=O) groups excluding carboxylic acids is 2. The Hall–Kier alpha value is -2.19. The lowest BCUT2D eigenvalue weighted by Crippen LogP contribution is -2.51. The maximum atomic E-state index is 12.6. The zero-order chi connectivity index (χ0) is 20.3. The largest absolute Gasteiger partial charge is 0.391 e. The van der Waals surface area contributed by atoms with Crippen LogP contribution in [0.1, 0.15) is 48.2 Å². The number of nitrogens with zero attached hydrogens (tertiary/aromatic N) is 1. The molecule has 8 nitrogen and oxygen atoms in total. The molecule has 2 fully saturated rings. The first-order valence-corrected chi connectivity index (χ1v) is 10.0. The summed E-state index contributed by atoms with van der Waals surface area (Å²) in [5, 5.41) is 16.4. The van der Waals surface area contributed by atoms with Gasteiger partial charge in [0.15, 0.2) is 0 Å². The molecule has 154 valence electrons. The summed E-state index contributed by atoms with van der Waals surface area (Å²) in [6.45, 7) is 3.67. The molecule has 0 aromatic carbocycles. The number of amides is 2. The van der Waals surface area contributed by atoms with Gasteiger partial charge in [-0.25, -0.2) is 0 Å². The van der Waals surface area contributed by atoms with Crippen LogP contribution in [0.15, 0.2) is 16.9 Å². The Morgan fingerprint density at radius 2 is 1.86 bits per heavy atom. The number of aryl methyl sites for hydroxylation is 1. The van der Waals surface area contributed by atoms with Gasteiger partial charge in [0, 0.05) is 29.3 Å². The number of aromatic amines is 1. The van der Waals surface area contributed by atoms with Crippen molar-refractivity contribution in [1.82, 2.24) is 20.5 Å². The van der Waals surface area contributed by atoms with E-state index >= 15 is 0 Å². The van der Waals surface area contributed by atoms with Gasteiger partial charge >= 0.3 is 0 Å². The van der Waals surface area contributed by atoms with Gasteiger partial charge in [-0.1, -0.05) is 0 Å². The van der Waals surface area contributed by atoms with Crippen molar-refractivity contribution < 1.29 is 14.7 Å². The van der Waals surface area contributed by atoms with Crippen molar-refractivity contribution in [2.75, 3.05) is 20.1 Å². The van der Waals surface area contributed by atoms with Gasteiger partial charge in [-0.3, -0.25) is 14.4 Å². The number of pyridine rings is 1. The predicted molar refractivity (Wildman–Crippen MR) is 105 cm³/mol. The number of aromatic nitrogens is 1. The molecule has 0 spiro atoms. The molecule has 0 bridgehead atoms. The van der Waals surface area contributed by atoms with E-state index in [2.05, 4.69) is 27.6 Å². The van der Waals surface area contributed by atoms with Gasteiger partial charge in [-0.2, -0.15) is 0 Å². The van der Waals surface area contributed by atoms with Crippen LogP contribution in [0.25, 0.3) is 0 Å². The summed E-state index contributed by atoms with van der Waals surface area (Å²) in [7, 11) is 2.08. The Labute approximate surface area is 164 Å². The normalized spacial score (nSPS) is 26.6. The van der Waals surface area contributed by atoms with E-state index in [1.54, 1.807) is 13.0 Å². The molecule has 1 aromatic heterocycles. The van der Waals surface area contributed by atoms with Crippen molar-refractivity contribution in [3.05, 3.63) is 33.7 Å². The number of hydrogen-bond donors (Lipinski definition) is 4. The molecule has 1 saturated carbocycles. The number of nitrogens with one attached hydrogen (secondary N) is 3. The van der Waals surface area contributed by atoms with Crippen molar-refractivity contribution >= 4 is 11.8 Å². The second kappa shape index (κ2) is 8.87. The lowest BCUT2D eigenvalue weighted by Gasteiger charge is -2.35. The van der Waals surface area contributed by atoms with E-state index in [1.165, 1.54) is 6.07 Å². The van der Waals surface area contributed by atoms with Gasteiger partial charge in [0.2, 0.25) is 11.5 Å². The van der Waals surface area contributed by atoms with Gasteiger partial charge in [-0.15, -0.1) is 0 Å². The highest BCUT2D eigenvalue weighted by atomic mass is 16.3. The molecular formula is C20H30N4O4. The number of aliphatic hydroxyl groups excluding tert-OH is 1. The van der Waals surface area contributed by atoms with Crippen LogP contribution in [0, 0.1) is 12.8 Å². The molecule has 3 atom stereocenters. The van der Waals surface area contributed by atoms with Crippen LogP contribution >= 0.6 is 0 Å². The summed E-state index contributed by atoms with van der Waals surface area (Å²) >= 11 is 0. The number of likely N-dealkylation sites (tertiary alicyclic amines) is 1. The summed E-state index contributed by atoms with van der Waals surface area (Å²) in [6, 6.07) is 2.64. The quantitative estimate of drug-likeness (QED) is 0.584. The van der Waals surface area contributed by atoms with Crippen LogP contribution in [0.3, 0.4) is 0 Å². The highest BCUT2D eigenvalue weighted by Gasteiger charge is 2.34. The fourth-order valence-corrected chi connectivity index (χ4v) is 4.09. The summed E-state index contributed by atoms with van der Waals surface area (Å²) < 4.78 is 0. The highest BCUT2D eigenvalue weighted by molar-refractivity contribution is 5.94. The van der Waals surface area contributed by atoms with Crippen molar-refractivity contribution in [3.8, 4) is 0 Å². The Morgan fingerprint density at radius 1 is 1.14 bits per heavy atom. The SMILES string of the molecule is Cc1cc(C(=O)N[C@@H]2CC[C@H](C(=O)NC3CCN(C)CC3)C[C@H]2O)cc(=O)[nH]1. The molecule has 3 rings (SSSR count). The molecule has 28 heavy (non-hydrogen) atoms. The third-order valence-electron chi connectivity index (χ3n) is 5.81. The third-order valence-corrected chi connectivity index (χ3v) is 5.81. The molecule has 0 radical (unpaired) electrons. The minimum absolute atomic E-state index is 0.00333. The number of aliphatic hydroxyl groups is 1. The van der Waals surface area contributed by atoms with Crippen LogP contribution in [0.4, 0.5) is 0 Å².